The third-order valence-corrected chi connectivity index (χ3v) is 4.83. The zero-order valence-corrected chi connectivity index (χ0v) is 14.7. The molecule has 2 N–H and O–H groups in total. The Hall–Kier alpha value is -2.41. The van der Waals surface area contributed by atoms with Crippen molar-refractivity contribution in [1.82, 2.24) is 19.8 Å². The molecule has 1 aromatic carbocycles. The SMILES string of the molecule is CNCCCCc1cccc2c1n(C)c(=O)n2C1CCC(=O)NC1=O. The number of para-hydroxylation sites is 1. The fraction of sp³-hybridized carbons (Fsp3) is 0.500. The Kier molecular flexibility index (Phi) is 5.03. The highest BCUT2D eigenvalue weighted by molar-refractivity contribution is 6.00. The van der Waals surface area contributed by atoms with Crippen molar-refractivity contribution in [2.75, 3.05) is 13.6 Å². The number of rotatable bonds is 6. The average Bonchev–Trinajstić information content (AvgIpc) is 2.84. The molecule has 0 bridgehead atoms. The minimum absolute atomic E-state index is 0.216. The maximum Gasteiger partial charge on any atom is 0.329 e. The summed E-state index contributed by atoms with van der Waals surface area (Å²) in [4.78, 5) is 36.4. The quantitative estimate of drug-likeness (QED) is 0.601. The van der Waals surface area contributed by atoms with Crippen LogP contribution in [-0.4, -0.2) is 34.5 Å². The lowest BCUT2D eigenvalue weighted by atomic mass is 10.0. The second kappa shape index (κ2) is 7.23. The van der Waals surface area contributed by atoms with Gasteiger partial charge in [0.15, 0.2) is 0 Å². The van der Waals surface area contributed by atoms with Crippen LogP contribution >= 0.6 is 0 Å². The van der Waals surface area contributed by atoms with Crippen LogP contribution in [0.15, 0.2) is 23.0 Å². The van der Waals surface area contributed by atoms with Crippen molar-refractivity contribution >= 4 is 22.8 Å². The molecule has 1 saturated heterocycles. The van der Waals surface area contributed by atoms with Crippen LogP contribution < -0.4 is 16.3 Å². The van der Waals surface area contributed by atoms with Crippen LogP contribution in [-0.2, 0) is 23.1 Å². The van der Waals surface area contributed by atoms with Gasteiger partial charge in [0.2, 0.25) is 11.8 Å². The zero-order chi connectivity index (χ0) is 18.0. The number of piperidine rings is 1. The lowest BCUT2D eigenvalue weighted by Crippen LogP contribution is -2.44. The second-order valence-corrected chi connectivity index (χ2v) is 6.52. The summed E-state index contributed by atoms with van der Waals surface area (Å²) in [7, 11) is 3.68. The number of imide groups is 1. The highest BCUT2D eigenvalue weighted by atomic mass is 16.2. The number of hydrogen-bond donors (Lipinski definition) is 2. The molecular weight excluding hydrogens is 320 g/mol. The van der Waals surface area contributed by atoms with Crippen molar-refractivity contribution in [3.63, 3.8) is 0 Å². The molecule has 0 saturated carbocycles. The Morgan fingerprint density at radius 2 is 2.04 bits per heavy atom. The number of nitrogens with one attached hydrogen (secondary N) is 2. The van der Waals surface area contributed by atoms with Gasteiger partial charge < -0.3 is 5.32 Å². The number of imidazole rings is 1. The molecule has 2 aromatic rings. The first-order valence-corrected chi connectivity index (χ1v) is 8.71. The van der Waals surface area contributed by atoms with E-state index in [0.29, 0.717) is 6.42 Å². The third kappa shape index (κ3) is 3.24. The molecule has 7 nitrogen and oxygen atoms in total. The number of amides is 2. The highest BCUT2D eigenvalue weighted by Crippen LogP contribution is 2.25. The van der Waals surface area contributed by atoms with E-state index < -0.39 is 11.9 Å². The summed E-state index contributed by atoms with van der Waals surface area (Å²) in [6.07, 6.45) is 3.58. The Labute approximate surface area is 146 Å². The Morgan fingerprint density at radius 3 is 2.76 bits per heavy atom. The number of unbranched alkanes of at least 4 members (excludes halogenated alkanes) is 1. The van der Waals surface area contributed by atoms with Gasteiger partial charge in [-0.05, 0) is 50.9 Å². The monoisotopic (exact) mass is 344 g/mol. The molecule has 3 rings (SSSR count). The van der Waals surface area contributed by atoms with Crippen molar-refractivity contribution in [1.29, 1.82) is 0 Å². The number of benzene rings is 1. The number of fused-ring (bicyclic) bond motifs is 1. The lowest BCUT2D eigenvalue weighted by molar-refractivity contribution is -0.135. The van der Waals surface area contributed by atoms with E-state index in [4.69, 9.17) is 0 Å². The van der Waals surface area contributed by atoms with E-state index in [-0.39, 0.29) is 18.0 Å². The normalized spacial score (nSPS) is 17.9. The summed E-state index contributed by atoms with van der Waals surface area (Å²) < 4.78 is 3.15. The van der Waals surface area contributed by atoms with Gasteiger partial charge in [-0.3, -0.25) is 24.0 Å². The minimum Gasteiger partial charge on any atom is -0.320 e. The van der Waals surface area contributed by atoms with Gasteiger partial charge in [0.05, 0.1) is 11.0 Å². The first-order chi connectivity index (χ1) is 12.0. The second-order valence-electron chi connectivity index (χ2n) is 6.52. The average molecular weight is 344 g/mol. The van der Waals surface area contributed by atoms with Gasteiger partial charge in [-0.15, -0.1) is 0 Å². The predicted molar refractivity (Wildman–Crippen MR) is 95.5 cm³/mol. The van der Waals surface area contributed by atoms with E-state index in [0.717, 1.165) is 42.4 Å². The van der Waals surface area contributed by atoms with Crippen LogP contribution in [0.4, 0.5) is 0 Å². The van der Waals surface area contributed by atoms with Crippen LogP contribution in [0.1, 0.15) is 37.3 Å². The van der Waals surface area contributed by atoms with Crippen molar-refractivity contribution in [3.8, 4) is 0 Å². The van der Waals surface area contributed by atoms with Crippen molar-refractivity contribution in [2.24, 2.45) is 7.05 Å². The summed E-state index contributed by atoms with van der Waals surface area (Å²) in [5.74, 6) is -0.676. The molecule has 134 valence electrons. The summed E-state index contributed by atoms with van der Waals surface area (Å²) in [6, 6.07) is 5.21. The first-order valence-electron chi connectivity index (χ1n) is 8.71. The highest BCUT2D eigenvalue weighted by Gasteiger charge is 2.31. The molecule has 7 heteroatoms. The molecule has 1 aliphatic rings. The van der Waals surface area contributed by atoms with Gasteiger partial charge in [0.1, 0.15) is 6.04 Å². The fourth-order valence-corrected chi connectivity index (χ4v) is 3.57. The molecule has 0 spiro atoms. The number of carbonyl (C=O) groups is 2. The van der Waals surface area contributed by atoms with E-state index >= 15 is 0 Å². The van der Waals surface area contributed by atoms with E-state index in [1.54, 1.807) is 11.6 Å². The predicted octanol–water partition coefficient (Wildman–Crippen LogP) is 0.860. The maximum absolute atomic E-state index is 12.8. The number of aromatic nitrogens is 2. The Morgan fingerprint density at radius 1 is 1.24 bits per heavy atom. The van der Waals surface area contributed by atoms with Gasteiger partial charge in [0, 0.05) is 13.5 Å². The zero-order valence-electron chi connectivity index (χ0n) is 14.7. The Balaban J connectivity index is 2.00. The van der Waals surface area contributed by atoms with Gasteiger partial charge in [-0.25, -0.2) is 4.79 Å². The molecule has 0 radical (unpaired) electrons. The van der Waals surface area contributed by atoms with Crippen LogP contribution in [0.3, 0.4) is 0 Å². The molecule has 2 heterocycles. The molecule has 1 atom stereocenters. The van der Waals surface area contributed by atoms with Gasteiger partial charge in [-0.2, -0.15) is 0 Å². The summed E-state index contributed by atoms with van der Waals surface area (Å²) in [5, 5.41) is 5.47. The molecule has 0 aliphatic carbocycles. The third-order valence-electron chi connectivity index (χ3n) is 4.83. The topological polar surface area (TPSA) is 85.1 Å². The molecule has 1 fully saturated rings. The van der Waals surface area contributed by atoms with Crippen molar-refractivity contribution in [2.45, 2.75) is 38.1 Å². The number of aryl methyl sites for hydroxylation is 2. The van der Waals surface area contributed by atoms with E-state index in [1.165, 1.54) is 4.57 Å². The smallest absolute Gasteiger partial charge is 0.320 e. The molecule has 25 heavy (non-hydrogen) atoms. The molecule has 1 unspecified atom stereocenters. The Bertz CT molecular complexity index is 865. The first kappa shape index (κ1) is 17.4. The van der Waals surface area contributed by atoms with Crippen LogP contribution in [0.5, 0.6) is 0 Å². The molecular formula is C18H24N4O3. The summed E-state index contributed by atoms with van der Waals surface area (Å²) >= 11 is 0. The number of nitrogens with zero attached hydrogens (tertiary/aromatic N) is 2. The largest absolute Gasteiger partial charge is 0.329 e. The fourth-order valence-electron chi connectivity index (χ4n) is 3.57. The lowest BCUT2D eigenvalue weighted by Gasteiger charge is -2.21. The minimum atomic E-state index is -0.631. The van der Waals surface area contributed by atoms with Crippen LogP contribution in [0.25, 0.3) is 11.0 Å². The molecule has 1 aliphatic heterocycles. The van der Waals surface area contributed by atoms with Crippen molar-refractivity contribution < 1.29 is 9.59 Å². The number of carbonyl (C=O) groups excluding carboxylic acids is 2. The molecule has 1 aromatic heterocycles. The van der Waals surface area contributed by atoms with E-state index in [9.17, 15) is 14.4 Å². The number of hydrogen-bond acceptors (Lipinski definition) is 4. The maximum atomic E-state index is 12.8. The van der Waals surface area contributed by atoms with Crippen molar-refractivity contribution in [3.05, 3.63) is 34.2 Å². The van der Waals surface area contributed by atoms with Crippen LogP contribution in [0.2, 0.25) is 0 Å². The van der Waals surface area contributed by atoms with Gasteiger partial charge >= 0.3 is 5.69 Å². The van der Waals surface area contributed by atoms with Gasteiger partial charge in [-0.1, -0.05) is 12.1 Å². The summed E-state index contributed by atoms with van der Waals surface area (Å²) in [5.41, 5.74) is 2.53. The summed E-state index contributed by atoms with van der Waals surface area (Å²) in [6.45, 7) is 0.964. The van der Waals surface area contributed by atoms with E-state index in [2.05, 4.69) is 10.6 Å². The van der Waals surface area contributed by atoms with E-state index in [1.807, 2.05) is 25.2 Å². The van der Waals surface area contributed by atoms with Crippen LogP contribution in [0, 0.1) is 0 Å². The molecule has 2 amide bonds. The van der Waals surface area contributed by atoms with Gasteiger partial charge in [0.25, 0.3) is 0 Å². The standard InChI is InChI=1S/C18H24N4O3/c1-19-11-4-3-6-12-7-5-8-13-16(12)21(2)18(25)22(13)14-9-10-15(23)20-17(14)24/h5,7-8,14,19H,3-4,6,9-11H2,1-2H3,(H,20,23,24).